The zero-order valence-electron chi connectivity index (χ0n) is 8.63. The molecule has 0 aliphatic rings. The monoisotopic (exact) mass is 198 g/mol. The number of nitrogens with one attached hydrogen (secondary N) is 1. The van der Waals surface area contributed by atoms with Gasteiger partial charge in [-0.2, -0.15) is 0 Å². The summed E-state index contributed by atoms with van der Waals surface area (Å²) in [5.74, 6) is 0. The van der Waals surface area contributed by atoms with Crippen molar-refractivity contribution in [2.45, 2.75) is 46.2 Å². The van der Waals surface area contributed by atoms with Crippen LogP contribution in [0.2, 0.25) is 0 Å². The largest absolute Gasteiger partial charge is 0.309 e. The van der Waals surface area contributed by atoms with Gasteiger partial charge in [-0.1, -0.05) is 13.3 Å². The number of rotatable bonds is 5. The first kappa shape index (κ1) is 10.7. The van der Waals surface area contributed by atoms with Gasteiger partial charge in [0.1, 0.15) is 0 Å². The van der Waals surface area contributed by atoms with E-state index in [1.165, 1.54) is 18.5 Å². The fraction of sp³-hybridized carbons (Fsp3) is 0.700. The average molecular weight is 198 g/mol. The topological polar surface area (TPSA) is 24.9 Å². The van der Waals surface area contributed by atoms with Crippen LogP contribution in [0.4, 0.5) is 0 Å². The number of hydrogen-bond acceptors (Lipinski definition) is 3. The van der Waals surface area contributed by atoms with Crippen LogP contribution in [0, 0.1) is 6.92 Å². The fourth-order valence-electron chi connectivity index (χ4n) is 1.30. The maximum atomic E-state index is 4.40. The van der Waals surface area contributed by atoms with Gasteiger partial charge >= 0.3 is 0 Å². The number of nitrogens with zero attached hydrogens (tertiary/aromatic N) is 1. The highest BCUT2D eigenvalue weighted by atomic mass is 32.1. The molecule has 1 unspecified atom stereocenters. The average Bonchev–Trinajstić information content (AvgIpc) is 2.49. The van der Waals surface area contributed by atoms with Crippen molar-refractivity contribution in [3.8, 4) is 0 Å². The first-order valence-corrected chi connectivity index (χ1v) is 5.74. The van der Waals surface area contributed by atoms with Crippen molar-refractivity contribution >= 4 is 11.3 Å². The minimum atomic E-state index is 0.604. The molecule has 2 nitrogen and oxygen atoms in total. The van der Waals surface area contributed by atoms with Crippen molar-refractivity contribution in [2.75, 3.05) is 0 Å². The van der Waals surface area contributed by atoms with E-state index in [-0.39, 0.29) is 0 Å². The van der Waals surface area contributed by atoms with E-state index in [1.54, 1.807) is 11.3 Å². The van der Waals surface area contributed by atoms with Gasteiger partial charge in [0.25, 0.3) is 0 Å². The van der Waals surface area contributed by atoms with Crippen LogP contribution in [0.15, 0.2) is 5.38 Å². The summed E-state index contributed by atoms with van der Waals surface area (Å²) in [4.78, 5) is 4.40. The van der Waals surface area contributed by atoms with Gasteiger partial charge in [-0.15, -0.1) is 11.3 Å². The molecule has 1 aromatic heterocycles. The van der Waals surface area contributed by atoms with Gasteiger partial charge in [-0.25, -0.2) is 4.98 Å². The molecule has 0 saturated carbocycles. The second-order valence-corrected chi connectivity index (χ2v) is 4.49. The molecule has 3 heteroatoms. The van der Waals surface area contributed by atoms with Crippen LogP contribution in [0.3, 0.4) is 0 Å². The van der Waals surface area contributed by atoms with Crippen molar-refractivity contribution in [1.82, 2.24) is 10.3 Å². The molecule has 74 valence electrons. The van der Waals surface area contributed by atoms with Crippen molar-refractivity contribution < 1.29 is 0 Å². The quantitative estimate of drug-likeness (QED) is 0.787. The molecule has 0 aromatic carbocycles. The minimum absolute atomic E-state index is 0.604. The summed E-state index contributed by atoms with van der Waals surface area (Å²) in [7, 11) is 0. The minimum Gasteiger partial charge on any atom is -0.309 e. The third-order valence-corrected chi connectivity index (χ3v) is 2.84. The molecule has 0 bridgehead atoms. The van der Waals surface area contributed by atoms with Crippen LogP contribution < -0.4 is 5.32 Å². The van der Waals surface area contributed by atoms with Crippen molar-refractivity contribution in [1.29, 1.82) is 0 Å². The van der Waals surface area contributed by atoms with Gasteiger partial charge in [0.05, 0.1) is 10.7 Å². The lowest BCUT2D eigenvalue weighted by molar-refractivity contribution is 0.505. The van der Waals surface area contributed by atoms with E-state index < -0.39 is 0 Å². The summed E-state index contributed by atoms with van der Waals surface area (Å²) >= 11 is 1.72. The fourth-order valence-corrected chi connectivity index (χ4v) is 1.92. The number of aryl methyl sites for hydroxylation is 1. The zero-order valence-corrected chi connectivity index (χ0v) is 9.45. The van der Waals surface area contributed by atoms with Gasteiger partial charge in [0.15, 0.2) is 0 Å². The first-order chi connectivity index (χ1) is 6.22. The lowest BCUT2D eigenvalue weighted by atomic mass is 10.2. The Hall–Kier alpha value is -0.410. The Labute approximate surface area is 84.4 Å². The van der Waals surface area contributed by atoms with Gasteiger partial charge < -0.3 is 5.32 Å². The molecule has 1 atom stereocenters. The Morgan fingerprint density at radius 1 is 1.62 bits per heavy atom. The predicted octanol–water partition coefficient (Wildman–Crippen LogP) is 2.73. The highest BCUT2D eigenvalue weighted by molar-refractivity contribution is 7.09. The lowest BCUT2D eigenvalue weighted by Crippen LogP contribution is -2.25. The molecule has 0 radical (unpaired) electrons. The Balaban J connectivity index is 2.26. The van der Waals surface area contributed by atoms with E-state index in [0.717, 1.165) is 11.6 Å². The summed E-state index contributed by atoms with van der Waals surface area (Å²) in [6, 6.07) is 0.604. The van der Waals surface area contributed by atoms with Gasteiger partial charge in [-0.3, -0.25) is 0 Å². The van der Waals surface area contributed by atoms with Gasteiger partial charge in [-0.05, 0) is 20.3 Å². The maximum absolute atomic E-state index is 4.40. The summed E-state index contributed by atoms with van der Waals surface area (Å²) in [6.45, 7) is 7.39. The van der Waals surface area contributed by atoms with Crippen LogP contribution in [0.25, 0.3) is 0 Å². The van der Waals surface area contributed by atoms with Crippen molar-refractivity contribution in [3.05, 3.63) is 16.1 Å². The van der Waals surface area contributed by atoms with E-state index >= 15 is 0 Å². The Bertz CT molecular complexity index is 245. The molecule has 0 spiro atoms. The molecule has 0 amide bonds. The molecular weight excluding hydrogens is 180 g/mol. The molecule has 0 saturated heterocycles. The first-order valence-electron chi connectivity index (χ1n) is 4.86. The van der Waals surface area contributed by atoms with Gasteiger partial charge in [0.2, 0.25) is 0 Å². The summed E-state index contributed by atoms with van der Waals surface area (Å²) in [5, 5.41) is 6.74. The standard InChI is InChI=1S/C10H18N2S/c1-4-5-8(2)11-6-10-7-13-9(3)12-10/h7-8,11H,4-6H2,1-3H3. The molecule has 1 heterocycles. The summed E-state index contributed by atoms with van der Waals surface area (Å²) < 4.78 is 0. The number of aromatic nitrogens is 1. The predicted molar refractivity (Wildman–Crippen MR) is 58.1 cm³/mol. The van der Waals surface area contributed by atoms with Crippen molar-refractivity contribution in [2.24, 2.45) is 0 Å². The molecule has 1 aromatic rings. The Kier molecular flexibility index (Phi) is 4.39. The SMILES string of the molecule is CCCC(C)NCc1csc(C)n1. The van der Waals surface area contributed by atoms with Crippen molar-refractivity contribution in [3.63, 3.8) is 0 Å². The lowest BCUT2D eigenvalue weighted by Gasteiger charge is -2.10. The molecule has 0 fully saturated rings. The van der Waals surface area contributed by atoms with E-state index in [4.69, 9.17) is 0 Å². The zero-order chi connectivity index (χ0) is 9.68. The maximum Gasteiger partial charge on any atom is 0.0897 e. The third kappa shape index (κ3) is 3.87. The molecule has 13 heavy (non-hydrogen) atoms. The van der Waals surface area contributed by atoms with Crippen LogP contribution in [-0.4, -0.2) is 11.0 Å². The third-order valence-electron chi connectivity index (χ3n) is 2.02. The Morgan fingerprint density at radius 2 is 2.38 bits per heavy atom. The van der Waals surface area contributed by atoms with Crippen LogP contribution >= 0.6 is 11.3 Å². The smallest absolute Gasteiger partial charge is 0.0897 e. The van der Waals surface area contributed by atoms with Crippen LogP contribution in [0.5, 0.6) is 0 Å². The number of hydrogen-bond donors (Lipinski definition) is 1. The highest BCUT2D eigenvalue weighted by Gasteiger charge is 2.01. The summed E-state index contributed by atoms with van der Waals surface area (Å²) in [6.07, 6.45) is 2.48. The molecule has 0 aliphatic heterocycles. The molecule has 1 rings (SSSR count). The van der Waals surface area contributed by atoms with E-state index in [1.807, 2.05) is 6.92 Å². The van der Waals surface area contributed by atoms with Crippen LogP contribution in [0.1, 0.15) is 37.4 Å². The van der Waals surface area contributed by atoms with E-state index in [2.05, 4.69) is 29.5 Å². The second kappa shape index (κ2) is 5.35. The van der Waals surface area contributed by atoms with Crippen LogP contribution in [-0.2, 0) is 6.54 Å². The molecular formula is C10H18N2S. The number of thiazole rings is 1. The normalized spacial score (nSPS) is 13.2. The molecule has 1 N–H and O–H groups in total. The Morgan fingerprint density at radius 3 is 2.92 bits per heavy atom. The highest BCUT2D eigenvalue weighted by Crippen LogP contribution is 2.07. The molecule has 0 aliphatic carbocycles. The van der Waals surface area contributed by atoms with E-state index in [0.29, 0.717) is 6.04 Å². The summed E-state index contributed by atoms with van der Waals surface area (Å²) in [5.41, 5.74) is 1.17. The second-order valence-electron chi connectivity index (χ2n) is 3.43. The van der Waals surface area contributed by atoms with E-state index in [9.17, 15) is 0 Å². The van der Waals surface area contributed by atoms with Gasteiger partial charge in [0, 0.05) is 18.0 Å².